The third-order valence-corrected chi connectivity index (χ3v) is 4.03. The van der Waals surface area contributed by atoms with E-state index >= 15 is 0 Å². The quantitative estimate of drug-likeness (QED) is 0.810. The van der Waals surface area contributed by atoms with Crippen LogP contribution in [0, 0.1) is 19.7 Å². The highest BCUT2D eigenvalue weighted by atomic mass is 19.1. The second-order valence-electron chi connectivity index (χ2n) is 5.67. The zero-order valence-electron chi connectivity index (χ0n) is 14.3. The van der Waals surface area contributed by atoms with E-state index in [1.54, 1.807) is 16.8 Å². The molecule has 0 fully saturated rings. The molecule has 0 spiro atoms. The van der Waals surface area contributed by atoms with Gasteiger partial charge in [0.15, 0.2) is 0 Å². The minimum absolute atomic E-state index is 0.0179. The minimum atomic E-state index is -0.289. The van der Waals surface area contributed by atoms with Crippen molar-refractivity contribution in [3.05, 3.63) is 47.0 Å². The van der Waals surface area contributed by atoms with E-state index in [1.807, 2.05) is 25.7 Å². The van der Waals surface area contributed by atoms with E-state index in [1.165, 1.54) is 12.1 Å². The van der Waals surface area contributed by atoms with E-state index in [9.17, 15) is 9.18 Å². The fraction of sp³-hybridized carbons (Fsp3) is 0.444. The summed E-state index contributed by atoms with van der Waals surface area (Å²) in [6, 6.07) is 6.12. The van der Waals surface area contributed by atoms with Crippen molar-refractivity contribution in [3.8, 4) is 5.69 Å². The van der Waals surface area contributed by atoms with Crippen LogP contribution in [0.5, 0.6) is 0 Å². The summed E-state index contributed by atoms with van der Waals surface area (Å²) in [5.74, 6) is -0.271. The topological polar surface area (TPSA) is 38.1 Å². The summed E-state index contributed by atoms with van der Waals surface area (Å²) in [6.45, 7) is 9.26. The molecule has 0 radical (unpaired) electrons. The van der Waals surface area contributed by atoms with E-state index in [0.717, 1.165) is 30.8 Å². The first kappa shape index (κ1) is 17.2. The predicted octanol–water partition coefficient (Wildman–Crippen LogP) is 3.89. The molecular formula is C18H24FN3O. The summed E-state index contributed by atoms with van der Waals surface area (Å²) in [5.41, 5.74) is 2.88. The molecule has 0 unspecified atom stereocenters. The highest BCUT2D eigenvalue weighted by Crippen LogP contribution is 2.20. The first-order valence-corrected chi connectivity index (χ1v) is 8.11. The van der Waals surface area contributed by atoms with Crippen molar-refractivity contribution in [2.45, 2.75) is 40.5 Å². The fourth-order valence-electron chi connectivity index (χ4n) is 2.70. The van der Waals surface area contributed by atoms with Crippen molar-refractivity contribution in [2.24, 2.45) is 0 Å². The Bertz CT molecular complexity index is 676. The molecule has 1 heterocycles. The largest absolute Gasteiger partial charge is 0.339 e. The number of hydrogen-bond acceptors (Lipinski definition) is 2. The fourth-order valence-corrected chi connectivity index (χ4v) is 2.70. The van der Waals surface area contributed by atoms with Crippen LogP contribution in [-0.4, -0.2) is 33.7 Å². The Morgan fingerprint density at radius 2 is 1.87 bits per heavy atom. The highest BCUT2D eigenvalue weighted by molar-refractivity contribution is 5.96. The van der Waals surface area contributed by atoms with Gasteiger partial charge in [-0.2, -0.15) is 5.10 Å². The zero-order valence-corrected chi connectivity index (χ0v) is 14.3. The molecule has 1 aromatic heterocycles. The number of amides is 1. The molecule has 1 aromatic carbocycles. The molecule has 23 heavy (non-hydrogen) atoms. The van der Waals surface area contributed by atoms with Crippen LogP contribution in [0.1, 0.15) is 48.4 Å². The Kier molecular flexibility index (Phi) is 5.53. The maximum absolute atomic E-state index is 13.1. The first-order chi connectivity index (χ1) is 11.0. The molecule has 124 valence electrons. The summed E-state index contributed by atoms with van der Waals surface area (Å²) in [7, 11) is 0. The van der Waals surface area contributed by atoms with Gasteiger partial charge in [-0.25, -0.2) is 9.07 Å². The number of halogens is 1. The summed E-state index contributed by atoms with van der Waals surface area (Å²) in [4.78, 5) is 14.7. The zero-order chi connectivity index (χ0) is 17.0. The average Bonchev–Trinajstić information content (AvgIpc) is 2.83. The van der Waals surface area contributed by atoms with Gasteiger partial charge < -0.3 is 4.90 Å². The molecule has 0 aliphatic heterocycles. The van der Waals surface area contributed by atoms with Gasteiger partial charge in [-0.1, -0.05) is 13.3 Å². The van der Waals surface area contributed by atoms with Gasteiger partial charge in [0, 0.05) is 13.1 Å². The predicted molar refractivity (Wildman–Crippen MR) is 89.5 cm³/mol. The van der Waals surface area contributed by atoms with Crippen LogP contribution >= 0.6 is 0 Å². The Morgan fingerprint density at radius 1 is 1.22 bits per heavy atom. The van der Waals surface area contributed by atoms with Crippen molar-refractivity contribution in [1.82, 2.24) is 14.7 Å². The lowest BCUT2D eigenvalue weighted by Crippen LogP contribution is -2.32. The number of carbonyl (C=O) groups excluding carboxylic acids is 1. The van der Waals surface area contributed by atoms with Crippen LogP contribution in [0.2, 0.25) is 0 Å². The van der Waals surface area contributed by atoms with Crippen LogP contribution < -0.4 is 0 Å². The molecule has 1 amide bonds. The molecule has 0 N–H and O–H groups in total. The van der Waals surface area contributed by atoms with Gasteiger partial charge >= 0.3 is 0 Å². The van der Waals surface area contributed by atoms with E-state index < -0.39 is 0 Å². The molecule has 4 nitrogen and oxygen atoms in total. The SMILES string of the molecule is CCCCN(CC)C(=O)c1c(C)nn(-c2ccc(F)cc2)c1C. The van der Waals surface area contributed by atoms with E-state index in [4.69, 9.17) is 0 Å². The Morgan fingerprint density at radius 3 is 2.43 bits per heavy atom. The van der Waals surface area contributed by atoms with Gasteiger partial charge in [0.2, 0.25) is 0 Å². The summed E-state index contributed by atoms with van der Waals surface area (Å²) >= 11 is 0. The standard InChI is InChI=1S/C18H24FN3O/c1-5-7-12-21(6-2)18(23)17-13(3)20-22(14(17)4)16-10-8-15(19)9-11-16/h8-11H,5-7,12H2,1-4H3. The lowest BCUT2D eigenvalue weighted by Gasteiger charge is -2.20. The molecule has 0 aliphatic rings. The first-order valence-electron chi connectivity index (χ1n) is 8.11. The van der Waals surface area contributed by atoms with Crippen LogP contribution in [0.15, 0.2) is 24.3 Å². The van der Waals surface area contributed by atoms with E-state index in [-0.39, 0.29) is 11.7 Å². The van der Waals surface area contributed by atoms with E-state index in [2.05, 4.69) is 12.0 Å². The smallest absolute Gasteiger partial charge is 0.257 e. The Hall–Kier alpha value is -2.17. The molecule has 5 heteroatoms. The molecular weight excluding hydrogens is 293 g/mol. The molecule has 2 rings (SSSR count). The molecule has 0 atom stereocenters. The van der Waals surface area contributed by atoms with Gasteiger partial charge in [-0.05, 0) is 51.5 Å². The third-order valence-electron chi connectivity index (χ3n) is 4.03. The lowest BCUT2D eigenvalue weighted by atomic mass is 10.1. The van der Waals surface area contributed by atoms with E-state index in [0.29, 0.717) is 17.8 Å². The molecule has 0 saturated heterocycles. The maximum atomic E-state index is 13.1. The van der Waals surface area contributed by atoms with Crippen molar-refractivity contribution >= 4 is 5.91 Å². The number of hydrogen-bond donors (Lipinski definition) is 0. The van der Waals surface area contributed by atoms with Crippen LogP contribution in [0.4, 0.5) is 4.39 Å². The number of nitrogens with zero attached hydrogens (tertiary/aromatic N) is 3. The molecule has 2 aromatic rings. The summed E-state index contributed by atoms with van der Waals surface area (Å²) in [5, 5.41) is 4.47. The van der Waals surface area contributed by atoms with Crippen molar-refractivity contribution in [3.63, 3.8) is 0 Å². The van der Waals surface area contributed by atoms with Crippen molar-refractivity contribution < 1.29 is 9.18 Å². The molecule has 0 saturated carbocycles. The van der Waals surface area contributed by atoms with Gasteiger partial charge in [-0.15, -0.1) is 0 Å². The van der Waals surface area contributed by atoms with Crippen molar-refractivity contribution in [2.75, 3.05) is 13.1 Å². The molecule has 0 bridgehead atoms. The molecule has 0 aliphatic carbocycles. The lowest BCUT2D eigenvalue weighted by molar-refractivity contribution is 0.0761. The minimum Gasteiger partial charge on any atom is -0.339 e. The highest BCUT2D eigenvalue weighted by Gasteiger charge is 2.23. The van der Waals surface area contributed by atoms with Crippen LogP contribution in [0.25, 0.3) is 5.69 Å². The van der Waals surface area contributed by atoms with Crippen LogP contribution in [-0.2, 0) is 0 Å². The van der Waals surface area contributed by atoms with Crippen molar-refractivity contribution in [1.29, 1.82) is 0 Å². The Labute approximate surface area is 136 Å². The maximum Gasteiger partial charge on any atom is 0.257 e. The van der Waals surface area contributed by atoms with Gasteiger partial charge in [0.25, 0.3) is 5.91 Å². The van der Waals surface area contributed by atoms with Gasteiger partial charge in [-0.3, -0.25) is 4.79 Å². The van der Waals surface area contributed by atoms with Crippen LogP contribution in [0.3, 0.4) is 0 Å². The number of benzene rings is 1. The average molecular weight is 317 g/mol. The monoisotopic (exact) mass is 317 g/mol. The number of rotatable bonds is 6. The Balaban J connectivity index is 2.37. The summed E-state index contributed by atoms with van der Waals surface area (Å²) < 4.78 is 14.8. The summed E-state index contributed by atoms with van der Waals surface area (Å²) in [6.07, 6.45) is 2.04. The number of carbonyl (C=O) groups is 1. The second kappa shape index (κ2) is 7.40. The number of unbranched alkanes of at least 4 members (excludes halogenated alkanes) is 1. The second-order valence-corrected chi connectivity index (χ2v) is 5.67. The number of aryl methyl sites for hydroxylation is 1. The van der Waals surface area contributed by atoms with Gasteiger partial charge in [0.1, 0.15) is 5.82 Å². The number of aromatic nitrogens is 2. The van der Waals surface area contributed by atoms with Gasteiger partial charge in [0.05, 0.1) is 22.6 Å². The third kappa shape index (κ3) is 3.60. The normalized spacial score (nSPS) is 10.8.